The van der Waals surface area contributed by atoms with Crippen molar-refractivity contribution < 1.29 is 9.59 Å². The molecule has 150 valence electrons. The van der Waals surface area contributed by atoms with E-state index in [1.807, 2.05) is 10.3 Å². The first-order valence-corrected chi connectivity index (χ1v) is 10.7. The maximum absolute atomic E-state index is 12.8. The van der Waals surface area contributed by atoms with Crippen LogP contribution in [0.3, 0.4) is 0 Å². The fraction of sp³-hybridized carbons (Fsp3) is 0.611. The van der Waals surface area contributed by atoms with Crippen molar-refractivity contribution in [1.29, 1.82) is 0 Å². The molecule has 2 aliphatic heterocycles. The number of thiazole rings is 1. The van der Waals surface area contributed by atoms with Crippen LogP contribution in [0.2, 0.25) is 0 Å². The van der Waals surface area contributed by atoms with E-state index in [2.05, 4.69) is 32.0 Å². The lowest BCUT2D eigenvalue weighted by molar-refractivity contribution is -0.131. The lowest BCUT2D eigenvalue weighted by Crippen LogP contribution is -2.46. The molecule has 0 bridgehead atoms. The molecule has 2 saturated heterocycles. The molecule has 2 aromatic heterocycles. The summed E-state index contributed by atoms with van der Waals surface area (Å²) in [6, 6.07) is -0.114. The Morgan fingerprint density at radius 1 is 1.36 bits per heavy atom. The highest BCUT2D eigenvalue weighted by Crippen LogP contribution is 2.27. The van der Waals surface area contributed by atoms with Crippen LogP contribution < -0.4 is 10.2 Å². The number of piperidine rings is 1. The predicted molar refractivity (Wildman–Crippen MR) is 105 cm³/mol. The number of nitrogens with zero attached hydrogens (tertiary/aromatic N) is 6. The van der Waals surface area contributed by atoms with Crippen LogP contribution in [0, 0.1) is 0 Å². The monoisotopic (exact) mass is 403 g/mol. The molecule has 0 aliphatic carbocycles. The molecule has 2 aliphatic rings. The minimum atomic E-state index is -0.114. The number of amides is 3. The third kappa shape index (κ3) is 3.87. The number of rotatable bonds is 5. The largest absolute Gasteiger partial charge is 0.342 e. The summed E-state index contributed by atoms with van der Waals surface area (Å²) in [5, 5.41) is 13.7. The van der Waals surface area contributed by atoms with Gasteiger partial charge in [0, 0.05) is 44.0 Å². The first-order valence-electron chi connectivity index (χ1n) is 9.81. The molecule has 0 aromatic carbocycles. The lowest BCUT2D eigenvalue weighted by Gasteiger charge is -2.32. The van der Waals surface area contributed by atoms with Gasteiger partial charge in [0.2, 0.25) is 5.91 Å². The minimum Gasteiger partial charge on any atom is -0.342 e. The smallest absolute Gasteiger partial charge is 0.323 e. The summed E-state index contributed by atoms with van der Waals surface area (Å²) < 4.78 is 2.05. The van der Waals surface area contributed by atoms with Crippen LogP contribution in [0.15, 0.2) is 11.7 Å². The number of nitrogens with one attached hydrogen (secondary N) is 1. The zero-order valence-electron chi connectivity index (χ0n) is 16.0. The van der Waals surface area contributed by atoms with Crippen molar-refractivity contribution in [2.45, 2.75) is 45.1 Å². The van der Waals surface area contributed by atoms with E-state index < -0.39 is 0 Å². The second kappa shape index (κ2) is 8.26. The van der Waals surface area contributed by atoms with Crippen LogP contribution in [0.25, 0.3) is 0 Å². The third-order valence-electron chi connectivity index (χ3n) is 5.31. The molecular weight excluding hydrogens is 378 g/mol. The second-order valence-corrected chi connectivity index (χ2v) is 8.03. The normalized spacial score (nSPS) is 20.3. The van der Waals surface area contributed by atoms with E-state index in [-0.39, 0.29) is 24.3 Å². The minimum absolute atomic E-state index is 0.0761. The van der Waals surface area contributed by atoms with Gasteiger partial charge in [-0.05, 0) is 26.2 Å². The van der Waals surface area contributed by atoms with E-state index in [0.717, 1.165) is 43.9 Å². The number of aromatic nitrogens is 4. The predicted octanol–water partition coefficient (Wildman–Crippen LogP) is 1.62. The van der Waals surface area contributed by atoms with Gasteiger partial charge in [0.15, 0.2) is 5.13 Å². The van der Waals surface area contributed by atoms with Gasteiger partial charge in [-0.3, -0.25) is 9.69 Å². The number of hydrogen-bond donors (Lipinski definition) is 1. The second-order valence-electron chi connectivity index (χ2n) is 7.19. The molecule has 0 spiro atoms. The van der Waals surface area contributed by atoms with E-state index in [0.29, 0.717) is 24.8 Å². The Balaban J connectivity index is 1.39. The Bertz CT molecular complexity index is 849. The van der Waals surface area contributed by atoms with Crippen molar-refractivity contribution in [2.24, 2.45) is 0 Å². The number of carbonyl (C=O) groups excluding carboxylic acids is 2. The van der Waals surface area contributed by atoms with E-state index in [1.165, 1.54) is 11.3 Å². The maximum Gasteiger partial charge on any atom is 0.323 e. The first kappa shape index (κ1) is 18.9. The Hall–Kier alpha value is -2.49. The number of carbonyl (C=O) groups is 2. The Kier molecular flexibility index (Phi) is 5.56. The molecule has 1 N–H and O–H groups in total. The van der Waals surface area contributed by atoms with Crippen molar-refractivity contribution >= 4 is 28.4 Å². The van der Waals surface area contributed by atoms with Gasteiger partial charge in [0.05, 0.1) is 12.1 Å². The van der Waals surface area contributed by atoms with Gasteiger partial charge < -0.3 is 14.8 Å². The van der Waals surface area contributed by atoms with Gasteiger partial charge in [0.25, 0.3) is 0 Å². The van der Waals surface area contributed by atoms with Crippen LogP contribution in [0.4, 0.5) is 9.93 Å². The van der Waals surface area contributed by atoms with Crippen LogP contribution in [-0.2, 0) is 17.8 Å². The Labute approximate surface area is 167 Å². The van der Waals surface area contributed by atoms with Crippen molar-refractivity contribution in [3.05, 3.63) is 23.2 Å². The molecule has 28 heavy (non-hydrogen) atoms. The maximum atomic E-state index is 12.8. The van der Waals surface area contributed by atoms with Crippen LogP contribution in [-0.4, -0.2) is 62.8 Å². The lowest BCUT2D eigenvalue weighted by atomic mass is 9.96. The van der Waals surface area contributed by atoms with Gasteiger partial charge in [-0.15, -0.1) is 21.5 Å². The van der Waals surface area contributed by atoms with Crippen molar-refractivity contribution in [1.82, 2.24) is 30.0 Å². The Morgan fingerprint density at radius 2 is 2.25 bits per heavy atom. The summed E-state index contributed by atoms with van der Waals surface area (Å²) in [6.45, 7) is 5.70. The van der Waals surface area contributed by atoms with Gasteiger partial charge in [-0.25, -0.2) is 9.78 Å². The molecule has 2 aromatic rings. The summed E-state index contributed by atoms with van der Waals surface area (Å²) in [4.78, 5) is 32.9. The van der Waals surface area contributed by atoms with Gasteiger partial charge in [-0.1, -0.05) is 0 Å². The van der Waals surface area contributed by atoms with E-state index in [1.54, 1.807) is 11.2 Å². The van der Waals surface area contributed by atoms with Crippen molar-refractivity contribution in [3.8, 4) is 0 Å². The average Bonchev–Trinajstić information content (AvgIpc) is 3.38. The molecule has 0 saturated carbocycles. The first-order chi connectivity index (χ1) is 13.7. The van der Waals surface area contributed by atoms with Crippen molar-refractivity contribution in [2.75, 3.05) is 31.1 Å². The molecule has 4 rings (SSSR count). The molecule has 3 amide bonds. The average molecular weight is 404 g/mol. The molecular formula is C18H25N7O2S. The molecule has 4 heterocycles. The Morgan fingerprint density at radius 3 is 3.07 bits per heavy atom. The highest BCUT2D eigenvalue weighted by molar-refractivity contribution is 7.14. The molecule has 1 atom stereocenters. The molecule has 2 fully saturated rings. The number of aryl methyl sites for hydroxylation is 1. The van der Waals surface area contributed by atoms with Crippen LogP contribution in [0.5, 0.6) is 0 Å². The quantitative estimate of drug-likeness (QED) is 0.818. The van der Waals surface area contributed by atoms with E-state index >= 15 is 0 Å². The van der Waals surface area contributed by atoms with Crippen molar-refractivity contribution in [3.63, 3.8) is 0 Å². The summed E-state index contributed by atoms with van der Waals surface area (Å²) in [5.41, 5.74) is 0.724. The number of urea groups is 1. The number of anilines is 1. The van der Waals surface area contributed by atoms with Crippen LogP contribution in [0.1, 0.15) is 43.6 Å². The molecule has 10 heteroatoms. The van der Waals surface area contributed by atoms with Gasteiger partial charge >= 0.3 is 6.03 Å². The SMILES string of the molecule is CCn1cnnc1C1CCCN(C(=O)Cc2csc(N3CCCNC3=O)n2)C1. The van der Waals surface area contributed by atoms with Crippen LogP contribution >= 0.6 is 11.3 Å². The fourth-order valence-electron chi connectivity index (χ4n) is 3.82. The molecule has 0 radical (unpaired) electrons. The summed E-state index contributed by atoms with van der Waals surface area (Å²) in [6.07, 6.45) is 4.90. The highest BCUT2D eigenvalue weighted by atomic mass is 32.1. The van der Waals surface area contributed by atoms with Gasteiger partial charge in [-0.2, -0.15) is 0 Å². The molecule has 9 nitrogen and oxygen atoms in total. The standard InChI is InChI=1S/C18H25N7O2S/c1-2-23-12-20-22-16(23)13-5-3-7-24(10-13)15(26)9-14-11-28-18(21-14)25-8-4-6-19-17(25)27/h11-13H,2-10H2,1H3,(H,19,27). The zero-order valence-corrected chi connectivity index (χ0v) is 16.8. The fourth-order valence-corrected chi connectivity index (χ4v) is 4.67. The summed E-state index contributed by atoms with van der Waals surface area (Å²) >= 11 is 1.41. The zero-order chi connectivity index (χ0) is 19.5. The summed E-state index contributed by atoms with van der Waals surface area (Å²) in [7, 11) is 0. The van der Waals surface area contributed by atoms with Gasteiger partial charge in [0.1, 0.15) is 12.2 Å². The number of hydrogen-bond acceptors (Lipinski definition) is 6. The van der Waals surface area contributed by atoms with E-state index in [9.17, 15) is 9.59 Å². The third-order valence-corrected chi connectivity index (χ3v) is 6.22. The van der Waals surface area contributed by atoms with E-state index in [4.69, 9.17) is 0 Å². The number of likely N-dealkylation sites (tertiary alicyclic amines) is 1. The highest BCUT2D eigenvalue weighted by Gasteiger charge is 2.28. The molecule has 1 unspecified atom stereocenters. The summed E-state index contributed by atoms with van der Waals surface area (Å²) in [5.74, 6) is 1.27. The topological polar surface area (TPSA) is 96.3 Å².